The van der Waals surface area contributed by atoms with Gasteiger partial charge in [-0.1, -0.05) is 20.8 Å². The summed E-state index contributed by atoms with van der Waals surface area (Å²) in [4.78, 5) is 12.4. The molecule has 4 aliphatic carbocycles. The molecule has 0 amide bonds. The number of carbonyl (C=O) groups excluding carboxylic acids is 1. The molecule has 1 saturated heterocycles. The summed E-state index contributed by atoms with van der Waals surface area (Å²) >= 11 is 0. The van der Waals surface area contributed by atoms with Crippen LogP contribution in [-0.2, 0) is 9.53 Å². The number of ether oxygens (including phenoxy) is 1. The molecule has 4 saturated carbocycles. The predicted octanol–water partition coefficient (Wildman–Crippen LogP) is 3.97. The molecule has 25 heavy (non-hydrogen) atoms. The maximum absolute atomic E-state index is 12.4. The highest BCUT2D eigenvalue weighted by atomic mass is 16.6. The van der Waals surface area contributed by atoms with Gasteiger partial charge >= 0.3 is 0 Å². The van der Waals surface area contributed by atoms with E-state index in [0.29, 0.717) is 35.6 Å². The van der Waals surface area contributed by atoms with Gasteiger partial charge in [0.1, 0.15) is 11.4 Å². The van der Waals surface area contributed by atoms with Crippen molar-refractivity contribution in [1.82, 2.24) is 0 Å². The van der Waals surface area contributed by atoms with Gasteiger partial charge in [-0.2, -0.15) is 0 Å². The molecule has 5 rings (SSSR count). The van der Waals surface area contributed by atoms with Gasteiger partial charge in [0.05, 0.1) is 12.2 Å². The Morgan fingerprint density at radius 1 is 1.16 bits per heavy atom. The van der Waals surface area contributed by atoms with Crippen molar-refractivity contribution in [3.05, 3.63) is 0 Å². The number of hydrogen-bond donors (Lipinski definition) is 1. The van der Waals surface area contributed by atoms with E-state index in [2.05, 4.69) is 20.8 Å². The predicted molar refractivity (Wildman–Crippen MR) is 95.9 cm³/mol. The number of hydrogen-bond acceptors (Lipinski definition) is 3. The highest BCUT2D eigenvalue weighted by Gasteiger charge is 2.76. The second kappa shape index (κ2) is 4.90. The Bertz CT molecular complexity index is 616. The number of fused-ring (bicyclic) bond motifs is 4. The van der Waals surface area contributed by atoms with E-state index < -0.39 is 0 Å². The van der Waals surface area contributed by atoms with Gasteiger partial charge in [-0.25, -0.2) is 0 Å². The summed E-state index contributed by atoms with van der Waals surface area (Å²) in [5.41, 5.74) is 0.390. The van der Waals surface area contributed by atoms with Crippen molar-refractivity contribution in [2.45, 2.75) is 90.4 Å². The van der Waals surface area contributed by atoms with E-state index in [1.807, 2.05) is 6.92 Å². The zero-order valence-corrected chi connectivity index (χ0v) is 16.3. The molecule has 0 aromatic rings. The fraction of sp³-hybridized carbons (Fsp3) is 0.955. The highest BCUT2D eigenvalue weighted by Crippen LogP contribution is 2.74. The second-order valence-electron chi connectivity index (χ2n) is 10.8. The normalized spacial score (nSPS) is 62.4. The van der Waals surface area contributed by atoms with Crippen molar-refractivity contribution in [1.29, 1.82) is 0 Å². The minimum absolute atomic E-state index is 0.0724. The average Bonchev–Trinajstić information content (AvgIpc) is 3.16. The van der Waals surface area contributed by atoms with Crippen molar-refractivity contribution >= 4 is 5.78 Å². The first-order valence-electron chi connectivity index (χ1n) is 10.6. The number of rotatable bonds is 1. The number of carbonyl (C=O) groups is 1. The zero-order chi connectivity index (χ0) is 17.8. The van der Waals surface area contributed by atoms with Gasteiger partial charge in [0.15, 0.2) is 0 Å². The van der Waals surface area contributed by atoms with Crippen molar-refractivity contribution < 1.29 is 14.6 Å². The summed E-state index contributed by atoms with van der Waals surface area (Å²) in [6, 6.07) is 0. The maximum atomic E-state index is 12.4. The molecule has 5 fully saturated rings. The van der Waals surface area contributed by atoms with E-state index >= 15 is 0 Å². The first kappa shape index (κ1) is 16.7. The summed E-state index contributed by atoms with van der Waals surface area (Å²) in [5, 5.41) is 10.4. The largest absolute Gasteiger partial charge is 0.393 e. The van der Waals surface area contributed by atoms with Gasteiger partial charge < -0.3 is 9.84 Å². The molecule has 5 aliphatic rings. The number of Topliss-reactive ketones (excluding diaryl/α,β-unsaturated/α-hetero) is 1. The number of epoxide rings is 1. The first-order chi connectivity index (χ1) is 11.7. The maximum Gasteiger partial charge on any atom is 0.133 e. The summed E-state index contributed by atoms with van der Waals surface area (Å²) in [5.74, 6) is 3.28. The molecule has 3 nitrogen and oxygen atoms in total. The van der Waals surface area contributed by atoms with Gasteiger partial charge in [0.2, 0.25) is 0 Å². The Labute approximate surface area is 151 Å². The van der Waals surface area contributed by atoms with E-state index in [1.54, 1.807) is 0 Å². The van der Waals surface area contributed by atoms with Crippen LogP contribution in [0.15, 0.2) is 0 Å². The fourth-order valence-electron chi connectivity index (χ4n) is 8.91. The Balaban J connectivity index is 1.53. The standard InChI is InChI=1S/C22H34O3/c1-12-9-17(13(2)23)20(3)7-6-16-15(19(12)20)10-18-22(25-18)8-5-14(24)11-21(16,22)4/h12,14-19,24H,5-11H2,1-4H3/t12?,14?,15-,16+,17-,18?,19+,20-,21-,22?/m1/s1. The van der Waals surface area contributed by atoms with Crippen molar-refractivity contribution in [2.24, 2.45) is 40.4 Å². The number of ketones is 1. The van der Waals surface area contributed by atoms with Gasteiger partial charge in [-0.15, -0.1) is 0 Å². The third-order valence-electron chi connectivity index (χ3n) is 9.84. The van der Waals surface area contributed by atoms with Crippen molar-refractivity contribution in [3.63, 3.8) is 0 Å². The van der Waals surface area contributed by atoms with Crippen LogP contribution < -0.4 is 0 Å². The molecule has 0 radical (unpaired) electrons. The van der Waals surface area contributed by atoms with Crippen LogP contribution in [0.25, 0.3) is 0 Å². The lowest BCUT2D eigenvalue weighted by Gasteiger charge is -2.59. The minimum Gasteiger partial charge on any atom is -0.393 e. The minimum atomic E-state index is -0.154. The molecule has 0 bridgehead atoms. The Hall–Kier alpha value is -0.410. The Morgan fingerprint density at radius 3 is 2.64 bits per heavy atom. The SMILES string of the molecule is CC(=O)[C@H]1CC(C)[C@H]2[C@@H]3CC4OC45CCC(O)C[C@]5(C)[C@H]3CC[C@]12C. The van der Waals surface area contributed by atoms with Gasteiger partial charge in [-0.05, 0) is 81.0 Å². The first-order valence-corrected chi connectivity index (χ1v) is 10.6. The molecule has 1 spiro atoms. The second-order valence-corrected chi connectivity index (χ2v) is 10.8. The molecule has 3 heteroatoms. The molecule has 10 atom stereocenters. The van der Waals surface area contributed by atoms with Crippen LogP contribution in [0.4, 0.5) is 0 Å². The molecular formula is C22H34O3. The topological polar surface area (TPSA) is 49.8 Å². The summed E-state index contributed by atoms with van der Waals surface area (Å²) in [6.07, 6.45) is 7.81. The molecule has 4 unspecified atom stereocenters. The van der Waals surface area contributed by atoms with E-state index in [4.69, 9.17) is 4.74 Å². The van der Waals surface area contributed by atoms with E-state index in [1.165, 1.54) is 19.3 Å². The molecule has 0 aromatic carbocycles. The van der Waals surface area contributed by atoms with Crippen molar-refractivity contribution in [3.8, 4) is 0 Å². The van der Waals surface area contributed by atoms with Crippen LogP contribution in [0, 0.1) is 40.4 Å². The van der Waals surface area contributed by atoms with Gasteiger partial charge in [0, 0.05) is 11.3 Å². The van der Waals surface area contributed by atoms with E-state index in [0.717, 1.165) is 25.7 Å². The summed E-state index contributed by atoms with van der Waals surface area (Å²) in [7, 11) is 0. The lowest BCUT2D eigenvalue weighted by Crippen LogP contribution is -2.59. The van der Waals surface area contributed by atoms with Crippen LogP contribution in [0.5, 0.6) is 0 Å². The smallest absolute Gasteiger partial charge is 0.133 e. The third-order valence-corrected chi connectivity index (χ3v) is 9.84. The fourth-order valence-corrected chi connectivity index (χ4v) is 8.91. The molecule has 0 aromatic heterocycles. The quantitative estimate of drug-likeness (QED) is 0.731. The Morgan fingerprint density at radius 2 is 1.92 bits per heavy atom. The lowest BCUT2D eigenvalue weighted by atomic mass is 9.44. The number of aliphatic hydroxyl groups excluding tert-OH is 1. The van der Waals surface area contributed by atoms with Crippen LogP contribution in [0.2, 0.25) is 0 Å². The molecule has 1 heterocycles. The Kier molecular flexibility index (Phi) is 3.28. The monoisotopic (exact) mass is 346 g/mol. The molecule has 1 aliphatic heterocycles. The average molecular weight is 347 g/mol. The van der Waals surface area contributed by atoms with Gasteiger partial charge in [0.25, 0.3) is 0 Å². The zero-order valence-electron chi connectivity index (χ0n) is 16.3. The van der Waals surface area contributed by atoms with Crippen LogP contribution in [0.1, 0.15) is 72.6 Å². The van der Waals surface area contributed by atoms with Crippen LogP contribution in [0.3, 0.4) is 0 Å². The van der Waals surface area contributed by atoms with Crippen LogP contribution >= 0.6 is 0 Å². The van der Waals surface area contributed by atoms with Crippen LogP contribution in [-0.4, -0.2) is 28.7 Å². The van der Waals surface area contributed by atoms with Gasteiger partial charge in [-0.3, -0.25) is 4.79 Å². The summed E-state index contributed by atoms with van der Waals surface area (Å²) in [6.45, 7) is 9.04. The van der Waals surface area contributed by atoms with Crippen molar-refractivity contribution in [2.75, 3.05) is 0 Å². The highest BCUT2D eigenvalue weighted by molar-refractivity contribution is 5.79. The molecule has 140 valence electrons. The number of aliphatic hydroxyl groups is 1. The third kappa shape index (κ3) is 1.87. The van der Waals surface area contributed by atoms with E-state index in [9.17, 15) is 9.90 Å². The lowest BCUT2D eigenvalue weighted by molar-refractivity contribution is -0.136. The van der Waals surface area contributed by atoms with E-state index in [-0.39, 0.29) is 28.5 Å². The summed E-state index contributed by atoms with van der Waals surface area (Å²) < 4.78 is 6.43. The molecular weight excluding hydrogens is 312 g/mol. The molecule has 1 N–H and O–H groups in total.